The Labute approximate surface area is 109 Å². The van der Waals surface area contributed by atoms with E-state index in [2.05, 4.69) is 38.2 Å². The lowest BCUT2D eigenvalue weighted by Crippen LogP contribution is -1.74. The van der Waals surface area contributed by atoms with E-state index in [-0.39, 0.29) is 0 Å². The summed E-state index contributed by atoms with van der Waals surface area (Å²) in [5.74, 6) is 0. The molecular weight excluding hydrogens is 204 g/mol. The van der Waals surface area contributed by atoms with Crippen LogP contribution in [0.15, 0.2) is 24.3 Å². The normalized spacial score (nSPS) is 11.9. The van der Waals surface area contributed by atoms with Gasteiger partial charge in [-0.3, -0.25) is 0 Å². The highest BCUT2D eigenvalue weighted by atomic mass is 13.9. The fraction of sp³-hybridized carbons (Fsp3) is 0.706. The molecule has 0 rings (SSSR count). The molecule has 0 N–H and O–H groups in total. The lowest BCUT2D eigenvalue weighted by molar-refractivity contribution is 0.694. The molecule has 0 unspecified atom stereocenters. The summed E-state index contributed by atoms with van der Waals surface area (Å²) in [7, 11) is 0. The van der Waals surface area contributed by atoms with Gasteiger partial charge in [-0.1, -0.05) is 70.3 Å². The maximum absolute atomic E-state index is 3.85. The number of allylic oxidation sites excluding steroid dienone is 4. The first-order chi connectivity index (χ1) is 8.41. The molecule has 99 valence electrons. The molecule has 0 heteroatoms. The van der Waals surface area contributed by atoms with Gasteiger partial charge in [0, 0.05) is 0 Å². The lowest BCUT2D eigenvalue weighted by Gasteiger charge is -1.94. The lowest BCUT2D eigenvalue weighted by atomic mass is 10.1. The van der Waals surface area contributed by atoms with Crippen LogP contribution in [0.25, 0.3) is 0 Å². The molecule has 17 heavy (non-hydrogen) atoms. The molecule has 0 bridgehead atoms. The third kappa shape index (κ3) is 15.5. The van der Waals surface area contributed by atoms with Crippen LogP contribution in [0, 0.1) is 6.92 Å². The summed E-state index contributed by atoms with van der Waals surface area (Å²) in [6, 6.07) is 0. The zero-order valence-corrected chi connectivity index (χ0v) is 11.8. The molecule has 0 heterocycles. The Morgan fingerprint density at radius 3 is 1.71 bits per heavy atom. The Hall–Kier alpha value is -0.520. The Morgan fingerprint density at radius 1 is 0.647 bits per heavy atom. The van der Waals surface area contributed by atoms with Crippen molar-refractivity contribution < 1.29 is 0 Å². The topological polar surface area (TPSA) is 0 Å². The molecule has 0 aromatic heterocycles. The molecular formula is C17H31. The van der Waals surface area contributed by atoms with Crippen molar-refractivity contribution in [3.63, 3.8) is 0 Å². The van der Waals surface area contributed by atoms with Crippen molar-refractivity contribution >= 4 is 0 Å². The minimum atomic E-state index is 1.09. The van der Waals surface area contributed by atoms with Crippen molar-refractivity contribution in [1.82, 2.24) is 0 Å². The smallest absolute Gasteiger partial charge is 0.0316 e. The van der Waals surface area contributed by atoms with E-state index in [1.165, 1.54) is 64.2 Å². The fourth-order valence-electron chi connectivity index (χ4n) is 1.79. The largest absolute Gasteiger partial charge is 0.0885 e. The van der Waals surface area contributed by atoms with Gasteiger partial charge in [-0.2, -0.15) is 0 Å². The minimum Gasteiger partial charge on any atom is -0.0885 e. The van der Waals surface area contributed by atoms with Crippen molar-refractivity contribution in [2.75, 3.05) is 0 Å². The first-order valence-electron chi connectivity index (χ1n) is 7.51. The Balaban J connectivity index is 3.13. The summed E-state index contributed by atoms with van der Waals surface area (Å²) < 4.78 is 0. The van der Waals surface area contributed by atoms with E-state index in [0.29, 0.717) is 0 Å². The van der Waals surface area contributed by atoms with Gasteiger partial charge in [-0.05, 0) is 38.5 Å². The van der Waals surface area contributed by atoms with Gasteiger partial charge in [0.15, 0.2) is 0 Å². The van der Waals surface area contributed by atoms with Crippen LogP contribution in [0.2, 0.25) is 0 Å². The van der Waals surface area contributed by atoms with Gasteiger partial charge < -0.3 is 0 Å². The predicted octanol–water partition coefficient (Wildman–Crippen LogP) is 6.24. The summed E-state index contributed by atoms with van der Waals surface area (Å²) >= 11 is 0. The first kappa shape index (κ1) is 16.5. The van der Waals surface area contributed by atoms with E-state index >= 15 is 0 Å². The molecule has 0 aromatic carbocycles. The Bertz CT molecular complexity index is 176. The summed E-state index contributed by atoms with van der Waals surface area (Å²) in [5.41, 5.74) is 0. The van der Waals surface area contributed by atoms with Crippen LogP contribution in [-0.4, -0.2) is 0 Å². The molecule has 0 spiro atoms. The SMILES string of the molecule is [CH2]CCCCC/C=C/CC/C=C/CCCCC. The standard InChI is InChI=1S/C17H31/c1-3-5-7-9-11-13-15-17-16-14-12-10-8-6-4-2/h12-15H,1,3-11,16-17H2,2H3/b14-12+,15-13+. The zero-order chi connectivity index (χ0) is 12.6. The Kier molecular flexibility index (Phi) is 15.0. The van der Waals surface area contributed by atoms with Gasteiger partial charge in [0.1, 0.15) is 0 Å². The number of rotatable bonds is 12. The van der Waals surface area contributed by atoms with E-state index in [0.717, 1.165) is 6.42 Å². The summed E-state index contributed by atoms with van der Waals surface area (Å²) in [6.07, 6.45) is 23.4. The molecule has 1 radical (unpaired) electrons. The van der Waals surface area contributed by atoms with Gasteiger partial charge in [0.05, 0.1) is 0 Å². The van der Waals surface area contributed by atoms with Crippen LogP contribution >= 0.6 is 0 Å². The second-order valence-corrected chi connectivity index (χ2v) is 4.72. The molecule has 0 amide bonds. The average Bonchev–Trinajstić information content (AvgIpc) is 2.35. The van der Waals surface area contributed by atoms with E-state index in [9.17, 15) is 0 Å². The molecule has 0 aliphatic carbocycles. The van der Waals surface area contributed by atoms with Crippen LogP contribution in [0.1, 0.15) is 77.6 Å². The van der Waals surface area contributed by atoms with Gasteiger partial charge in [-0.15, -0.1) is 0 Å². The predicted molar refractivity (Wildman–Crippen MR) is 80.1 cm³/mol. The molecule has 0 aliphatic heterocycles. The van der Waals surface area contributed by atoms with Crippen molar-refractivity contribution in [1.29, 1.82) is 0 Å². The fourth-order valence-corrected chi connectivity index (χ4v) is 1.79. The van der Waals surface area contributed by atoms with Crippen LogP contribution in [0.3, 0.4) is 0 Å². The Morgan fingerprint density at radius 2 is 1.18 bits per heavy atom. The monoisotopic (exact) mass is 235 g/mol. The van der Waals surface area contributed by atoms with E-state index in [1.807, 2.05) is 0 Å². The molecule has 0 fully saturated rings. The number of hydrogen-bond donors (Lipinski definition) is 0. The number of unbranched alkanes of at least 4 members (excludes halogenated alkanes) is 8. The highest BCUT2D eigenvalue weighted by Crippen LogP contribution is 2.04. The summed E-state index contributed by atoms with van der Waals surface area (Å²) in [4.78, 5) is 0. The van der Waals surface area contributed by atoms with Crippen molar-refractivity contribution in [2.24, 2.45) is 0 Å². The van der Waals surface area contributed by atoms with Crippen molar-refractivity contribution in [3.8, 4) is 0 Å². The average molecular weight is 235 g/mol. The summed E-state index contributed by atoms with van der Waals surface area (Å²) in [5, 5.41) is 0. The molecule has 0 nitrogen and oxygen atoms in total. The van der Waals surface area contributed by atoms with Gasteiger partial charge in [0.25, 0.3) is 0 Å². The quantitative estimate of drug-likeness (QED) is 0.277. The van der Waals surface area contributed by atoms with E-state index < -0.39 is 0 Å². The van der Waals surface area contributed by atoms with Gasteiger partial charge >= 0.3 is 0 Å². The molecule has 0 aliphatic rings. The highest BCUT2D eigenvalue weighted by molar-refractivity contribution is 4.88. The van der Waals surface area contributed by atoms with Gasteiger partial charge in [0.2, 0.25) is 0 Å². The highest BCUT2D eigenvalue weighted by Gasteiger charge is 1.84. The summed E-state index contributed by atoms with van der Waals surface area (Å²) in [6.45, 7) is 6.11. The zero-order valence-electron chi connectivity index (χ0n) is 11.8. The maximum atomic E-state index is 3.85. The second-order valence-electron chi connectivity index (χ2n) is 4.72. The van der Waals surface area contributed by atoms with Gasteiger partial charge in [-0.25, -0.2) is 0 Å². The molecule has 0 saturated carbocycles. The van der Waals surface area contributed by atoms with Crippen LogP contribution in [0.5, 0.6) is 0 Å². The van der Waals surface area contributed by atoms with Crippen molar-refractivity contribution in [3.05, 3.63) is 31.2 Å². The van der Waals surface area contributed by atoms with Crippen LogP contribution in [-0.2, 0) is 0 Å². The van der Waals surface area contributed by atoms with Crippen LogP contribution in [0.4, 0.5) is 0 Å². The molecule has 0 atom stereocenters. The maximum Gasteiger partial charge on any atom is -0.0316 e. The third-order valence-electron chi connectivity index (χ3n) is 2.93. The first-order valence-corrected chi connectivity index (χ1v) is 7.51. The molecule has 0 saturated heterocycles. The van der Waals surface area contributed by atoms with Crippen LogP contribution < -0.4 is 0 Å². The molecule has 0 aromatic rings. The minimum absolute atomic E-state index is 1.09. The second kappa shape index (κ2) is 15.5. The van der Waals surface area contributed by atoms with Crippen molar-refractivity contribution in [2.45, 2.75) is 77.6 Å². The third-order valence-corrected chi connectivity index (χ3v) is 2.93. The number of hydrogen-bond acceptors (Lipinski definition) is 0. The van der Waals surface area contributed by atoms with E-state index in [1.54, 1.807) is 0 Å². The van der Waals surface area contributed by atoms with E-state index in [4.69, 9.17) is 0 Å².